The monoisotopic (exact) mass is 296 g/mol. The summed E-state index contributed by atoms with van der Waals surface area (Å²) in [5, 5.41) is 0. The summed E-state index contributed by atoms with van der Waals surface area (Å²) < 4.78 is 17.3. The highest BCUT2D eigenvalue weighted by atomic mass is 79.9. The van der Waals surface area contributed by atoms with Gasteiger partial charge in [0.15, 0.2) is 0 Å². The van der Waals surface area contributed by atoms with E-state index in [1.54, 1.807) is 12.1 Å². The maximum Gasteiger partial charge on any atom is 0.501 e. The van der Waals surface area contributed by atoms with Crippen LogP contribution in [0.3, 0.4) is 0 Å². The lowest BCUT2D eigenvalue weighted by molar-refractivity contribution is 0.175. The quantitative estimate of drug-likeness (QED) is 0.739. The van der Waals surface area contributed by atoms with Crippen LogP contribution in [0.2, 0.25) is 0 Å². The number of halogens is 3. The Morgan fingerprint density at radius 2 is 2.08 bits per heavy atom. The fraction of sp³-hybridized carbons (Fsp3) is 0. The first-order chi connectivity index (χ1) is 5.59. The molecule has 0 unspecified atom stereocenters. The lowest BCUT2D eigenvalue weighted by Gasteiger charge is -2.01. The van der Waals surface area contributed by atoms with E-state index < -0.39 is 6.22 Å². The van der Waals surface area contributed by atoms with Gasteiger partial charge in [-0.15, -0.1) is 4.39 Å². The molecule has 0 saturated heterocycles. The zero-order valence-corrected chi connectivity index (χ0v) is 8.85. The first-order valence-electron chi connectivity index (χ1n) is 2.92. The van der Waals surface area contributed by atoms with E-state index in [4.69, 9.17) is 0 Å². The fourth-order valence-electron chi connectivity index (χ4n) is 0.644. The van der Waals surface area contributed by atoms with Crippen molar-refractivity contribution in [3.05, 3.63) is 27.1 Å². The molecule has 0 N–H and O–H groups in total. The van der Waals surface area contributed by atoms with Crippen LogP contribution in [0.15, 0.2) is 27.1 Å². The van der Waals surface area contributed by atoms with Crippen molar-refractivity contribution < 1.29 is 13.9 Å². The third-order valence-electron chi connectivity index (χ3n) is 1.08. The van der Waals surface area contributed by atoms with Gasteiger partial charge in [-0.1, -0.05) is 15.9 Å². The summed E-state index contributed by atoms with van der Waals surface area (Å²) in [6.45, 7) is 0. The predicted octanol–water partition coefficient (Wildman–Crippen LogP) is 3.68. The highest BCUT2D eigenvalue weighted by Crippen LogP contribution is 2.28. The summed E-state index contributed by atoms with van der Waals surface area (Å²) in [6.07, 6.45) is -1.82. The summed E-state index contributed by atoms with van der Waals surface area (Å²) in [6, 6.07) is 4.77. The lowest BCUT2D eigenvalue weighted by atomic mass is 10.3. The second kappa shape index (κ2) is 4.00. The van der Waals surface area contributed by atoms with Gasteiger partial charge in [-0.3, -0.25) is 0 Å². The number of rotatable bonds is 1. The topological polar surface area (TPSA) is 26.3 Å². The minimum atomic E-state index is -1.82. The number of carbonyl (C=O) groups excluding carboxylic acids is 1. The average molecular weight is 298 g/mol. The Hall–Kier alpha value is -0.420. The molecule has 0 heterocycles. The van der Waals surface area contributed by atoms with Crippen LogP contribution in [-0.4, -0.2) is 6.22 Å². The van der Waals surface area contributed by atoms with Gasteiger partial charge < -0.3 is 4.74 Å². The zero-order chi connectivity index (χ0) is 9.14. The number of hydrogen-bond acceptors (Lipinski definition) is 2. The second-order valence-corrected chi connectivity index (χ2v) is 3.68. The molecule has 1 rings (SSSR count). The maximum absolute atomic E-state index is 11.8. The minimum Gasteiger partial charge on any atom is -0.400 e. The summed E-state index contributed by atoms with van der Waals surface area (Å²) in [4.78, 5) is 9.93. The van der Waals surface area contributed by atoms with Crippen molar-refractivity contribution >= 4 is 38.1 Å². The average Bonchev–Trinajstić information content (AvgIpc) is 1.94. The van der Waals surface area contributed by atoms with Crippen LogP contribution in [0, 0.1) is 0 Å². The van der Waals surface area contributed by atoms with E-state index in [1.165, 1.54) is 6.07 Å². The zero-order valence-electron chi connectivity index (χ0n) is 5.68. The van der Waals surface area contributed by atoms with Gasteiger partial charge in [0.1, 0.15) is 5.75 Å². The molecule has 0 aromatic heterocycles. The van der Waals surface area contributed by atoms with E-state index in [0.29, 0.717) is 4.47 Å². The molecule has 0 spiro atoms. The Morgan fingerprint density at radius 3 is 2.58 bits per heavy atom. The minimum absolute atomic E-state index is 0.158. The lowest BCUT2D eigenvalue weighted by Crippen LogP contribution is -1.97. The van der Waals surface area contributed by atoms with Crippen molar-refractivity contribution in [3.63, 3.8) is 0 Å². The van der Waals surface area contributed by atoms with Crippen molar-refractivity contribution in [1.82, 2.24) is 0 Å². The van der Waals surface area contributed by atoms with Crippen LogP contribution in [0.25, 0.3) is 0 Å². The van der Waals surface area contributed by atoms with Gasteiger partial charge in [0.25, 0.3) is 0 Å². The molecule has 0 bridgehead atoms. The largest absolute Gasteiger partial charge is 0.501 e. The maximum atomic E-state index is 11.8. The van der Waals surface area contributed by atoms with Crippen molar-refractivity contribution in [3.8, 4) is 5.75 Å². The van der Waals surface area contributed by atoms with Gasteiger partial charge >= 0.3 is 6.22 Å². The smallest absolute Gasteiger partial charge is 0.400 e. The predicted molar refractivity (Wildman–Crippen MR) is 49.0 cm³/mol. The molecule has 0 saturated carbocycles. The standard InChI is InChI=1S/C7H3Br2FO2/c8-4-1-2-6(5(9)3-4)12-7(10)11/h1-3H. The second-order valence-electron chi connectivity index (χ2n) is 1.91. The molecule has 0 aliphatic carbocycles. The van der Waals surface area contributed by atoms with Crippen molar-refractivity contribution in [2.45, 2.75) is 0 Å². The SMILES string of the molecule is O=C(F)Oc1ccc(Br)cc1Br. The van der Waals surface area contributed by atoms with E-state index in [2.05, 4.69) is 36.6 Å². The first kappa shape index (κ1) is 9.67. The molecule has 1 aromatic rings. The van der Waals surface area contributed by atoms with E-state index in [9.17, 15) is 9.18 Å². The van der Waals surface area contributed by atoms with Gasteiger partial charge in [-0.25, -0.2) is 4.79 Å². The summed E-state index contributed by atoms with van der Waals surface area (Å²) in [5.41, 5.74) is 0. The summed E-state index contributed by atoms with van der Waals surface area (Å²) in [7, 11) is 0. The Labute approximate surface area is 85.0 Å². The Morgan fingerprint density at radius 1 is 1.42 bits per heavy atom. The Balaban J connectivity index is 2.93. The molecule has 5 heteroatoms. The van der Waals surface area contributed by atoms with Crippen LogP contribution in [0.4, 0.5) is 9.18 Å². The van der Waals surface area contributed by atoms with Gasteiger partial charge in [-0.2, -0.15) is 0 Å². The van der Waals surface area contributed by atoms with Crippen LogP contribution >= 0.6 is 31.9 Å². The molecule has 12 heavy (non-hydrogen) atoms. The van der Waals surface area contributed by atoms with E-state index in [1.807, 2.05) is 0 Å². The molecular weight excluding hydrogens is 295 g/mol. The molecule has 0 amide bonds. The Bertz CT molecular complexity index is 314. The van der Waals surface area contributed by atoms with Crippen LogP contribution < -0.4 is 4.74 Å². The molecule has 2 nitrogen and oxygen atoms in total. The molecule has 1 aromatic carbocycles. The fourth-order valence-corrected chi connectivity index (χ4v) is 1.77. The molecule has 0 aliphatic rings. The van der Waals surface area contributed by atoms with Crippen molar-refractivity contribution in [2.75, 3.05) is 0 Å². The summed E-state index contributed by atoms with van der Waals surface area (Å²) in [5.74, 6) is 0.158. The highest BCUT2D eigenvalue weighted by Gasteiger charge is 2.05. The molecule has 64 valence electrons. The molecule has 0 radical (unpaired) electrons. The highest BCUT2D eigenvalue weighted by molar-refractivity contribution is 9.11. The Kier molecular flexibility index (Phi) is 3.22. The molecule has 0 aliphatic heterocycles. The third kappa shape index (κ3) is 2.57. The van der Waals surface area contributed by atoms with Crippen molar-refractivity contribution in [2.24, 2.45) is 0 Å². The van der Waals surface area contributed by atoms with E-state index in [-0.39, 0.29) is 5.75 Å². The number of benzene rings is 1. The molecular formula is C7H3Br2FO2. The molecule has 0 atom stereocenters. The van der Waals surface area contributed by atoms with Crippen molar-refractivity contribution in [1.29, 1.82) is 0 Å². The molecule has 0 fully saturated rings. The van der Waals surface area contributed by atoms with Gasteiger partial charge in [0.2, 0.25) is 0 Å². The van der Waals surface area contributed by atoms with Crippen LogP contribution in [-0.2, 0) is 0 Å². The summed E-state index contributed by atoms with van der Waals surface area (Å²) >= 11 is 6.30. The third-order valence-corrected chi connectivity index (χ3v) is 2.20. The van der Waals surface area contributed by atoms with Gasteiger partial charge in [0, 0.05) is 4.47 Å². The van der Waals surface area contributed by atoms with Gasteiger partial charge in [-0.05, 0) is 34.1 Å². The van der Waals surface area contributed by atoms with Crippen LogP contribution in [0.1, 0.15) is 0 Å². The number of hydrogen-bond donors (Lipinski definition) is 0. The van der Waals surface area contributed by atoms with Gasteiger partial charge in [0.05, 0.1) is 4.47 Å². The van der Waals surface area contributed by atoms with E-state index >= 15 is 0 Å². The number of carbonyl (C=O) groups is 1. The first-order valence-corrected chi connectivity index (χ1v) is 4.50. The van der Waals surface area contributed by atoms with E-state index in [0.717, 1.165) is 4.47 Å². The number of ether oxygens (including phenoxy) is 1. The normalized spacial score (nSPS) is 9.58. The van der Waals surface area contributed by atoms with Crippen LogP contribution in [0.5, 0.6) is 5.75 Å².